The molecule has 21 heavy (non-hydrogen) atoms. The van der Waals surface area contributed by atoms with Crippen molar-refractivity contribution in [2.75, 3.05) is 5.32 Å². The number of rotatable bonds is 4. The van der Waals surface area contributed by atoms with Crippen LogP contribution >= 0.6 is 15.9 Å². The van der Waals surface area contributed by atoms with Crippen molar-refractivity contribution < 1.29 is 10.0 Å². The SMILES string of the molecule is Cc1ccc(C(C)Nc2ccc([N+](=O)[O-])cc2Br)c(O)c1. The lowest BCUT2D eigenvalue weighted by molar-refractivity contribution is -0.384. The van der Waals surface area contributed by atoms with E-state index in [1.807, 2.05) is 26.0 Å². The second-order valence-electron chi connectivity index (χ2n) is 4.85. The van der Waals surface area contributed by atoms with E-state index in [1.165, 1.54) is 12.1 Å². The highest BCUT2D eigenvalue weighted by atomic mass is 79.9. The van der Waals surface area contributed by atoms with Crippen LogP contribution in [0.2, 0.25) is 0 Å². The maximum absolute atomic E-state index is 10.7. The molecule has 0 aromatic heterocycles. The molecule has 1 atom stereocenters. The zero-order valence-corrected chi connectivity index (χ0v) is 13.2. The zero-order chi connectivity index (χ0) is 15.6. The summed E-state index contributed by atoms with van der Waals surface area (Å²) in [6, 6.07) is 9.89. The van der Waals surface area contributed by atoms with Crippen LogP contribution in [0.4, 0.5) is 11.4 Å². The number of non-ortho nitro benzene ring substituents is 1. The van der Waals surface area contributed by atoms with Gasteiger partial charge in [-0.05, 0) is 47.5 Å². The minimum Gasteiger partial charge on any atom is -0.508 e. The van der Waals surface area contributed by atoms with Gasteiger partial charge in [0.05, 0.1) is 11.0 Å². The van der Waals surface area contributed by atoms with Crippen LogP contribution < -0.4 is 5.32 Å². The third-order valence-electron chi connectivity index (χ3n) is 3.19. The van der Waals surface area contributed by atoms with Crippen LogP contribution in [0.5, 0.6) is 5.75 Å². The molecular weight excluding hydrogens is 336 g/mol. The standard InChI is InChI=1S/C15H15BrN2O3/c1-9-3-5-12(15(19)7-9)10(2)17-14-6-4-11(18(20)21)8-13(14)16/h3-8,10,17,19H,1-2H3. The molecule has 0 fully saturated rings. The van der Waals surface area contributed by atoms with Gasteiger partial charge >= 0.3 is 0 Å². The van der Waals surface area contributed by atoms with E-state index >= 15 is 0 Å². The summed E-state index contributed by atoms with van der Waals surface area (Å²) in [5, 5.41) is 23.9. The summed E-state index contributed by atoms with van der Waals surface area (Å²) in [6.07, 6.45) is 0. The first kappa shape index (κ1) is 15.3. The summed E-state index contributed by atoms with van der Waals surface area (Å²) in [4.78, 5) is 10.3. The second-order valence-corrected chi connectivity index (χ2v) is 5.70. The number of benzene rings is 2. The number of hydrogen-bond acceptors (Lipinski definition) is 4. The fourth-order valence-corrected chi connectivity index (χ4v) is 2.55. The number of aromatic hydroxyl groups is 1. The second kappa shape index (κ2) is 6.13. The van der Waals surface area contributed by atoms with Crippen molar-refractivity contribution >= 4 is 27.3 Å². The molecule has 0 radical (unpaired) electrons. The van der Waals surface area contributed by atoms with Gasteiger partial charge in [0.25, 0.3) is 5.69 Å². The Morgan fingerprint density at radius 3 is 2.57 bits per heavy atom. The maximum Gasteiger partial charge on any atom is 0.270 e. The highest BCUT2D eigenvalue weighted by molar-refractivity contribution is 9.10. The van der Waals surface area contributed by atoms with Crippen LogP contribution in [0.25, 0.3) is 0 Å². The van der Waals surface area contributed by atoms with E-state index in [0.717, 1.165) is 16.8 Å². The Morgan fingerprint density at radius 2 is 2.00 bits per heavy atom. The van der Waals surface area contributed by atoms with Gasteiger partial charge < -0.3 is 10.4 Å². The molecule has 0 aliphatic carbocycles. The summed E-state index contributed by atoms with van der Waals surface area (Å²) in [7, 11) is 0. The molecule has 0 aliphatic heterocycles. The normalized spacial score (nSPS) is 12.0. The van der Waals surface area contributed by atoms with Gasteiger partial charge in [-0.25, -0.2) is 0 Å². The summed E-state index contributed by atoms with van der Waals surface area (Å²) < 4.78 is 0.607. The first-order valence-electron chi connectivity index (χ1n) is 6.38. The Labute approximate surface area is 130 Å². The molecule has 2 aromatic rings. The molecule has 0 spiro atoms. The van der Waals surface area contributed by atoms with E-state index in [2.05, 4.69) is 21.2 Å². The largest absolute Gasteiger partial charge is 0.508 e. The number of nitrogens with zero attached hydrogens (tertiary/aromatic N) is 1. The van der Waals surface area contributed by atoms with Crippen molar-refractivity contribution in [3.63, 3.8) is 0 Å². The van der Waals surface area contributed by atoms with Crippen LogP contribution in [0.3, 0.4) is 0 Å². The van der Waals surface area contributed by atoms with Crippen molar-refractivity contribution in [1.82, 2.24) is 0 Å². The number of phenolic OH excluding ortho intramolecular Hbond substituents is 1. The van der Waals surface area contributed by atoms with Gasteiger partial charge in [-0.3, -0.25) is 10.1 Å². The van der Waals surface area contributed by atoms with Crippen LogP contribution in [0.15, 0.2) is 40.9 Å². The molecule has 2 N–H and O–H groups in total. The van der Waals surface area contributed by atoms with E-state index in [4.69, 9.17) is 0 Å². The average molecular weight is 351 g/mol. The fourth-order valence-electron chi connectivity index (χ4n) is 2.07. The lowest BCUT2D eigenvalue weighted by Gasteiger charge is -2.18. The number of anilines is 1. The first-order chi connectivity index (χ1) is 9.88. The van der Waals surface area contributed by atoms with Crippen LogP contribution in [-0.4, -0.2) is 10.0 Å². The molecule has 0 heterocycles. The van der Waals surface area contributed by atoms with Gasteiger partial charge in [-0.15, -0.1) is 0 Å². The number of halogens is 1. The van der Waals surface area contributed by atoms with E-state index in [0.29, 0.717) is 4.47 Å². The van der Waals surface area contributed by atoms with E-state index in [9.17, 15) is 15.2 Å². The topological polar surface area (TPSA) is 75.4 Å². The van der Waals surface area contributed by atoms with Crippen LogP contribution in [-0.2, 0) is 0 Å². The monoisotopic (exact) mass is 350 g/mol. The van der Waals surface area contributed by atoms with E-state index < -0.39 is 4.92 Å². The van der Waals surface area contributed by atoms with Gasteiger partial charge in [0.1, 0.15) is 5.75 Å². The minimum absolute atomic E-state index is 0.0262. The molecule has 0 saturated heterocycles. The van der Waals surface area contributed by atoms with Crippen molar-refractivity contribution in [3.8, 4) is 5.75 Å². The molecule has 0 amide bonds. The minimum atomic E-state index is -0.441. The van der Waals surface area contributed by atoms with Gasteiger partial charge in [0.2, 0.25) is 0 Å². The maximum atomic E-state index is 10.7. The van der Waals surface area contributed by atoms with Crippen molar-refractivity contribution in [1.29, 1.82) is 0 Å². The summed E-state index contributed by atoms with van der Waals surface area (Å²) in [5.74, 6) is 0.230. The Morgan fingerprint density at radius 1 is 1.29 bits per heavy atom. The zero-order valence-electron chi connectivity index (χ0n) is 11.6. The quantitative estimate of drug-likeness (QED) is 0.626. The third-order valence-corrected chi connectivity index (χ3v) is 3.84. The summed E-state index contributed by atoms with van der Waals surface area (Å²) in [5.41, 5.74) is 2.51. The van der Waals surface area contributed by atoms with E-state index in [1.54, 1.807) is 12.1 Å². The van der Waals surface area contributed by atoms with Crippen molar-refractivity contribution in [2.45, 2.75) is 19.9 Å². The Balaban J connectivity index is 2.23. The number of phenols is 1. The molecule has 0 aliphatic rings. The molecule has 6 heteroatoms. The Kier molecular flexibility index (Phi) is 4.47. The number of aryl methyl sites for hydroxylation is 1. The number of nitro benzene ring substituents is 1. The summed E-state index contributed by atoms with van der Waals surface area (Å²) >= 11 is 3.32. The molecule has 5 nitrogen and oxygen atoms in total. The highest BCUT2D eigenvalue weighted by Crippen LogP contribution is 2.32. The predicted molar refractivity (Wildman–Crippen MR) is 85.7 cm³/mol. The Bertz CT molecular complexity index is 689. The smallest absolute Gasteiger partial charge is 0.270 e. The van der Waals surface area contributed by atoms with Gasteiger partial charge in [0, 0.05) is 27.9 Å². The summed E-state index contributed by atoms with van der Waals surface area (Å²) in [6.45, 7) is 3.83. The third kappa shape index (κ3) is 3.52. The van der Waals surface area contributed by atoms with Gasteiger partial charge in [-0.1, -0.05) is 12.1 Å². The molecule has 0 bridgehead atoms. The van der Waals surface area contributed by atoms with Gasteiger partial charge in [-0.2, -0.15) is 0 Å². The lowest BCUT2D eigenvalue weighted by atomic mass is 10.0. The van der Waals surface area contributed by atoms with E-state index in [-0.39, 0.29) is 17.5 Å². The van der Waals surface area contributed by atoms with Crippen molar-refractivity contribution in [3.05, 3.63) is 62.1 Å². The molecule has 2 rings (SSSR count). The number of hydrogen-bond donors (Lipinski definition) is 2. The predicted octanol–water partition coefficient (Wildman–Crippen LogP) is 4.54. The highest BCUT2D eigenvalue weighted by Gasteiger charge is 2.14. The lowest BCUT2D eigenvalue weighted by Crippen LogP contribution is -2.07. The van der Waals surface area contributed by atoms with Crippen molar-refractivity contribution in [2.24, 2.45) is 0 Å². The molecule has 0 saturated carbocycles. The van der Waals surface area contributed by atoms with Gasteiger partial charge in [0.15, 0.2) is 0 Å². The molecule has 2 aromatic carbocycles. The molecule has 1 unspecified atom stereocenters. The molecule has 110 valence electrons. The van der Waals surface area contributed by atoms with Crippen LogP contribution in [0, 0.1) is 17.0 Å². The Hall–Kier alpha value is -2.08. The number of nitrogens with one attached hydrogen (secondary N) is 1. The molecular formula is C15H15BrN2O3. The number of nitro groups is 1. The fraction of sp³-hybridized carbons (Fsp3) is 0.200. The first-order valence-corrected chi connectivity index (χ1v) is 7.18. The average Bonchev–Trinajstić information content (AvgIpc) is 2.40. The van der Waals surface area contributed by atoms with Crippen LogP contribution in [0.1, 0.15) is 24.1 Å².